The molecule has 2 aliphatic rings. The number of nitriles is 1. The molecule has 0 saturated carbocycles. The molecule has 206 valence electrons. The highest BCUT2D eigenvalue weighted by Crippen LogP contribution is 2.31. The number of aromatic nitrogens is 3. The van der Waals surface area contributed by atoms with Crippen molar-refractivity contribution in [3.8, 4) is 11.9 Å². The van der Waals surface area contributed by atoms with Gasteiger partial charge in [0.1, 0.15) is 28.0 Å². The predicted molar refractivity (Wildman–Crippen MR) is 146 cm³/mol. The quantitative estimate of drug-likeness (QED) is 0.305. The summed E-state index contributed by atoms with van der Waals surface area (Å²) in [5.41, 5.74) is 2.48. The zero-order chi connectivity index (χ0) is 27.6. The van der Waals surface area contributed by atoms with Gasteiger partial charge < -0.3 is 19.1 Å². The number of halogens is 1. The second-order valence-electron chi connectivity index (χ2n) is 10.2. The molecule has 1 atom stereocenters. The molecule has 1 aromatic carbocycles. The Hall–Kier alpha value is -3.85. The Bertz CT molecular complexity index is 1580. The van der Waals surface area contributed by atoms with Crippen molar-refractivity contribution in [3.05, 3.63) is 75.8 Å². The minimum atomic E-state index is -0.928. The smallest absolute Gasteiger partial charge is 0.346 e. The van der Waals surface area contributed by atoms with Crippen molar-refractivity contribution in [1.82, 2.24) is 19.4 Å². The molecular formula is C29H28FN5O4S. The number of aromatic carboxylic acids is 1. The molecule has 11 heteroatoms. The molecule has 1 unspecified atom stereocenters. The Kier molecular flexibility index (Phi) is 7.47. The van der Waals surface area contributed by atoms with Gasteiger partial charge in [0.15, 0.2) is 0 Å². The minimum absolute atomic E-state index is 0.0381. The van der Waals surface area contributed by atoms with Gasteiger partial charge in [-0.3, -0.25) is 4.90 Å². The summed E-state index contributed by atoms with van der Waals surface area (Å²) in [7, 11) is 0. The number of benzene rings is 1. The number of carboxylic acids is 1. The summed E-state index contributed by atoms with van der Waals surface area (Å²) in [6, 6.07) is 13.7. The summed E-state index contributed by atoms with van der Waals surface area (Å²) < 4.78 is 27.8. The highest BCUT2D eigenvalue weighted by Gasteiger charge is 2.27. The standard InChI is InChI=1S/C29H28FN5O4S/c30-22-12-18(14-31)4-5-20(22)17-39-27-3-1-2-23(32-27)19-6-9-34(10-7-19)16-26-33-28-24(13-25(40-28)29(36)37)35(26)15-21-8-11-38-21/h1-5,12-13,19,21H,6-11,15-17H2,(H,36,37). The molecule has 5 heterocycles. The molecule has 3 aromatic heterocycles. The van der Waals surface area contributed by atoms with E-state index in [1.807, 2.05) is 18.2 Å². The second kappa shape index (κ2) is 11.3. The number of piperidine rings is 1. The fourth-order valence-corrected chi connectivity index (χ4v) is 6.13. The lowest BCUT2D eigenvalue weighted by Gasteiger charge is -2.32. The van der Waals surface area contributed by atoms with E-state index in [1.54, 1.807) is 24.3 Å². The highest BCUT2D eigenvalue weighted by atomic mass is 32.1. The Morgan fingerprint density at radius 3 is 2.73 bits per heavy atom. The summed E-state index contributed by atoms with van der Waals surface area (Å²) >= 11 is 1.21. The first-order valence-electron chi connectivity index (χ1n) is 13.3. The largest absolute Gasteiger partial charge is 0.477 e. The van der Waals surface area contributed by atoms with Gasteiger partial charge in [0.2, 0.25) is 5.88 Å². The maximum absolute atomic E-state index is 14.2. The van der Waals surface area contributed by atoms with Crippen LogP contribution in [0.2, 0.25) is 0 Å². The molecule has 1 N–H and O–H groups in total. The number of likely N-dealkylation sites (tertiary alicyclic amines) is 1. The molecule has 9 nitrogen and oxygen atoms in total. The number of carbonyl (C=O) groups is 1. The van der Waals surface area contributed by atoms with Crippen LogP contribution in [-0.2, 0) is 24.4 Å². The molecule has 0 amide bonds. The van der Waals surface area contributed by atoms with E-state index in [-0.39, 0.29) is 24.2 Å². The number of imidazole rings is 1. The molecule has 40 heavy (non-hydrogen) atoms. The highest BCUT2D eigenvalue weighted by molar-refractivity contribution is 7.20. The van der Waals surface area contributed by atoms with E-state index in [4.69, 9.17) is 24.7 Å². The SMILES string of the molecule is N#Cc1ccc(COc2cccc(C3CCN(Cc4nc5sc(C(=O)O)cc5n4CC4CCO4)CC3)n2)c(F)c1. The lowest BCUT2D eigenvalue weighted by molar-refractivity contribution is -0.0592. The number of carboxylic acid groups (broad SMARTS) is 1. The first-order valence-corrected chi connectivity index (χ1v) is 14.1. The number of pyridine rings is 1. The summed E-state index contributed by atoms with van der Waals surface area (Å²) in [5.74, 6) is 0.282. The summed E-state index contributed by atoms with van der Waals surface area (Å²) in [6.45, 7) is 3.94. The fourth-order valence-electron chi connectivity index (χ4n) is 5.23. The van der Waals surface area contributed by atoms with Crippen molar-refractivity contribution in [2.24, 2.45) is 0 Å². The van der Waals surface area contributed by atoms with Gasteiger partial charge in [0.25, 0.3) is 0 Å². The molecule has 4 aromatic rings. The van der Waals surface area contributed by atoms with Crippen LogP contribution in [0, 0.1) is 17.1 Å². The molecule has 0 spiro atoms. The van der Waals surface area contributed by atoms with Gasteiger partial charge in [0, 0.05) is 29.8 Å². The van der Waals surface area contributed by atoms with Gasteiger partial charge in [-0.1, -0.05) is 12.1 Å². The van der Waals surface area contributed by atoms with Crippen molar-refractivity contribution >= 4 is 27.7 Å². The van der Waals surface area contributed by atoms with Crippen molar-refractivity contribution in [3.63, 3.8) is 0 Å². The normalized spacial score (nSPS) is 17.9. The van der Waals surface area contributed by atoms with Crippen LogP contribution in [0.25, 0.3) is 10.3 Å². The number of rotatable bonds is 9. The number of hydrogen-bond acceptors (Lipinski definition) is 8. The lowest BCUT2D eigenvalue weighted by atomic mass is 9.93. The number of ether oxygens (including phenoxy) is 2. The van der Waals surface area contributed by atoms with Gasteiger partial charge in [0.05, 0.1) is 36.3 Å². The van der Waals surface area contributed by atoms with E-state index < -0.39 is 11.8 Å². The van der Waals surface area contributed by atoms with Crippen LogP contribution in [-0.4, -0.2) is 56.3 Å². The van der Waals surface area contributed by atoms with E-state index in [0.717, 1.165) is 60.8 Å². The predicted octanol–water partition coefficient (Wildman–Crippen LogP) is 4.95. The van der Waals surface area contributed by atoms with E-state index in [1.165, 1.54) is 17.4 Å². The molecular weight excluding hydrogens is 533 g/mol. The van der Waals surface area contributed by atoms with Crippen LogP contribution in [0.3, 0.4) is 0 Å². The molecule has 2 aliphatic heterocycles. The Morgan fingerprint density at radius 2 is 2.02 bits per heavy atom. The van der Waals surface area contributed by atoms with Gasteiger partial charge in [-0.2, -0.15) is 5.26 Å². The molecule has 6 rings (SSSR count). The molecule has 0 bridgehead atoms. The first kappa shape index (κ1) is 26.4. The van der Waals surface area contributed by atoms with E-state index >= 15 is 0 Å². The number of thiophene rings is 1. The van der Waals surface area contributed by atoms with Gasteiger partial charge >= 0.3 is 5.97 Å². The first-order chi connectivity index (χ1) is 19.5. The minimum Gasteiger partial charge on any atom is -0.477 e. The van der Waals surface area contributed by atoms with Crippen molar-refractivity contribution < 1.29 is 23.8 Å². The van der Waals surface area contributed by atoms with Crippen molar-refractivity contribution in [2.45, 2.75) is 51.0 Å². The van der Waals surface area contributed by atoms with Crippen LogP contribution in [0.4, 0.5) is 4.39 Å². The van der Waals surface area contributed by atoms with Gasteiger partial charge in [-0.25, -0.2) is 19.2 Å². The van der Waals surface area contributed by atoms with Crippen LogP contribution in [0.15, 0.2) is 42.5 Å². The van der Waals surface area contributed by atoms with Gasteiger partial charge in [-0.05, 0) is 56.6 Å². The summed E-state index contributed by atoms with van der Waals surface area (Å²) in [4.78, 5) is 24.4. The van der Waals surface area contributed by atoms with Crippen molar-refractivity contribution in [2.75, 3.05) is 19.7 Å². The van der Waals surface area contributed by atoms with E-state index in [0.29, 0.717) is 29.4 Å². The maximum atomic E-state index is 14.2. The number of nitrogens with zero attached hydrogens (tertiary/aromatic N) is 5. The summed E-state index contributed by atoms with van der Waals surface area (Å²) in [6.07, 6.45) is 3.01. The third kappa shape index (κ3) is 5.56. The Labute approximate surface area is 234 Å². The zero-order valence-electron chi connectivity index (χ0n) is 21.8. The maximum Gasteiger partial charge on any atom is 0.346 e. The summed E-state index contributed by atoms with van der Waals surface area (Å²) in [5, 5.41) is 18.3. The molecule has 2 fully saturated rings. The molecule has 0 aliphatic carbocycles. The lowest BCUT2D eigenvalue weighted by Crippen LogP contribution is -2.35. The fraction of sp³-hybridized carbons (Fsp3) is 0.379. The third-order valence-electron chi connectivity index (χ3n) is 7.59. The van der Waals surface area contributed by atoms with Crippen LogP contribution in [0.5, 0.6) is 5.88 Å². The van der Waals surface area contributed by atoms with Crippen LogP contribution in [0.1, 0.15) is 57.5 Å². The van der Waals surface area contributed by atoms with E-state index in [9.17, 15) is 14.3 Å². The van der Waals surface area contributed by atoms with Crippen molar-refractivity contribution in [1.29, 1.82) is 5.26 Å². The monoisotopic (exact) mass is 561 g/mol. The average Bonchev–Trinajstić information content (AvgIpc) is 3.49. The number of fused-ring (bicyclic) bond motifs is 1. The Morgan fingerprint density at radius 1 is 1.20 bits per heavy atom. The second-order valence-corrected chi connectivity index (χ2v) is 11.2. The van der Waals surface area contributed by atoms with Crippen LogP contribution < -0.4 is 4.74 Å². The molecule has 0 radical (unpaired) electrons. The molecule has 2 saturated heterocycles. The zero-order valence-corrected chi connectivity index (χ0v) is 22.6. The third-order valence-corrected chi connectivity index (χ3v) is 8.60. The topological polar surface area (TPSA) is 114 Å². The van der Waals surface area contributed by atoms with E-state index in [2.05, 4.69) is 9.47 Å². The van der Waals surface area contributed by atoms with Crippen LogP contribution >= 0.6 is 11.3 Å². The Balaban J connectivity index is 1.08. The number of hydrogen-bond donors (Lipinski definition) is 1. The van der Waals surface area contributed by atoms with Gasteiger partial charge in [-0.15, -0.1) is 11.3 Å². The average molecular weight is 562 g/mol.